The van der Waals surface area contributed by atoms with E-state index in [-0.39, 0.29) is 0 Å². The van der Waals surface area contributed by atoms with E-state index in [0.717, 1.165) is 58.5 Å². The second-order valence-electron chi connectivity index (χ2n) is 7.69. The smallest absolute Gasteiger partial charge is 0.134 e. The Balaban J connectivity index is 1.84. The molecule has 31 heavy (non-hydrogen) atoms. The van der Waals surface area contributed by atoms with E-state index in [1.54, 1.807) is 0 Å². The van der Waals surface area contributed by atoms with Crippen LogP contribution in [0.1, 0.15) is 56.1 Å². The van der Waals surface area contributed by atoms with Crippen molar-refractivity contribution in [2.75, 3.05) is 0 Å². The third-order valence-electron chi connectivity index (χ3n) is 5.37. The van der Waals surface area contributed by atoms with E-state index in [2.05, 4.69) is 81.2 Å². The lowest BCUT2D eigenvalue weighted by molar-refractivity contribution is 0.577. The first-order valence-corrected chi connectivity index (χ1v) is 11.2. The van der Waals surface area contributed by atoms with E-state index in [1.165, 1.54) is 11.1 Å². The number of aryl methyl sites for hydroxylation is 2. The number of hydrogen-bond donors (Lipinski definition) is 1. The van der Waals surface area contributed by atoms with Gasteiger partial charge in [0.1, 0.15) is 11.3 Å². The number of furan rings is 1. The maximum Gasteiger partial charge on any atom is 0.134 e. The molecule has 0 saturated carbocycles. The van der Waals surface area contributed by atoms with Crippen molar-refractivity contribution in [3.8, 4) is 0 Å². The first-order chi connectivity index (χ1) is 15.1. The molecule has 0 atom stereocenters. The Labute approximate surface area is 186 Å². The zero-order valence-corrected chi connectivity index (χ0v) is 19.2. The van der Waals surface area contributed by atoms with Crippen molar-refractivity contribution < 1.29 is 4.42 Å². The molecule has 3 rings (SSSR count). The first-order valence-electron chi connectivity index (χ1n) is 11.2. The summed E-state index contributed by atoms with van der Waals surface area (Å²) in [5.74, 6) is 0.928. The molecule has 2 heteroatoms. The SMILES string of the molecule is C=C(/C=C\C(=C/C)c1c(C)oc2ccccc12)N/C(=C\CC)c1ccccc1CCC. The lowest BCUT2D eigenvalue weighted by Gasteiger charge is -2.15. The molecule has 1 N–H and O–H groups in total. The second kappa shape index (κ2) is 10.7. The molecular formula is C29H33NO. The second-order valence-corrected chi connectivity index (χ2v) is 7.69. The Kier molecular flexibility index (Phi) is 7.72. The van der Waals surface area contributed by atoms with Crippen molar-refractivity contribution in [2.45, 2.75) is 47.0 Å². The van der Waals surface area contributed by atoms with Gasteiger partial charge in [-0.25, -0.2) is 0 Å². The molecule has 0 bridgehead atoms. The number of fused-ring (bicyclic) bond motifs is 1. The molecule has 1 aromatic heterocycles. The summed E-state index contributed by atoms with van der Waals surface area (Å²) in [7, 11) is 0. The van der Waals surface area contributed by atoms with Gasteiger partial charge in [-0.05, 0) is 50.0 Å². The largest absolute Gasteiger partial charge is 0.461 e. The van der Waals surface area contributed by atoms with Crippen LogP contribution in [0.15, 0.2) is 89.5 Å². The number of hydrogen-bond acceptors (Lipinski definition) is 2. The summed E-state index contributed by atoms with van der Waals surface area (Å²) in [6.45, 7) is 12.7. The monoisotopic (exact) mass is 411 g/mol. The van der Waals surface area contributed by atoms with Crippen molar-refractivity contribution in [2.24, 2.45) is 0 Å². The van der Waals surface area contributed by atoms with Gasteiger partial charge in [-0.15, -0.1) is 0 Å². The Morgan fingerprint density at radius 3 is 2.52 bits per heavy atom. The van der Waals surface area contributed by atoms with E-state index in [1.807, 2.05) is 31.2 Å². The Morgan fingerprint density at radius 1 is 1.03 bits per heavy atom. The fraction of sp³-hybridized carbons (Fsp3) is 0.241. The summed E-state index contributed by atoms with van der Waals surface area (Å²) in [6.07, 6.45) is 11.7. The van der Waals surface area contributed by atoms with Gasteiger partial charge in [-0.2, -0.15) is 0 Å². The van der Waals surface area contributed by atoms with Crippen molar-refractivity contribution in [1.82, 2.24) is 5.32 Å². The van der Waals surface area contributed by atoms with E-state index in [9.17, 15) is 0 Å². The minimum absolute atomic E-state index is 0.857. The molecule has 160 valence electrons. The molecule has 0 spiro atoms. The van der Waals surface area contributed by atoms with Gasteiger partial charge in [-0.3, -0.25) is 0 Å². The molecule has 0 amide bonds. The van der Waals surface area contributed by atoms with Crippen molar-refractivity contribution in [3.63, 3.8) is 0 Å². The standard InChI is InChI=1S/C29H33NO/c1-6-13-24-15-9-10-16-25(24)27(14-7-2)30-21(4)19-20-23(8-3)29-22(5)31-28-18-12-11-17-26(28)29/h8-12,14-20,30H,4,6-7,13H2,1-3,5H3/b20-19-,23-8+,27-14-. The average molecular weight is 412 g/mol. The summed E-state index contributed by atoms with van der Waals surface area (Å²) >= 11 is 0. The quantitative estimate of drug-likeness (QED) is 0.359. The molecule has 0 unspecified atom stereocenters. The summed E-state index contributed by atoms with van der Waals surface area (Å²) < 4.78 is 5.96. The Bertz CT molecular complexity index is 1140. The molecule has 0 fully saturated rings. The van der Waals surface area contributed by atoms with E-state index in [4.69, 9.17) is 4.42 Å². The summed E-state index contributed by atoms with van der Waals surface area (Å²) in [4.78, 5) is 0. The minimum atomic E-state index is 0.857. The summed E-state index contributed by atoms with van der Waals surface area (Å²) in [6, 6.07) is 16.8. The molecule has 0 aliphatic rings. The fourth-order valence-corrected chi connectivity index (χ4v) is 3.96. The van der Waals surface area contributed by atoms with E-state index >= 15 is 0 Å². The zero-order chi connectivity index (χ0) is 22.2. The highest BCUT2D eigenvalue weighted by atomic mass is 16.3. The predicted molar refractivity (Wildman–Crippen MR) is 135 cm³/mol. The molecule has 2 nitrogen and oxygen atoms in total. The number of allylic oxidation sites excluding steroid dienone is 5. The average Bonchev–Trinajstić information content (AvgIpc) is 3.10. The van der Waals surface area contributed by atoms with Crippen LogP contribution in [0, 0.1) is 6.92 Å². The molecular weight excluding hydrogens is 378 g/mol. The maximum atomic E-state index is 5.96. The van der Waals surface area contributed by atoms with Gasteiger partial charge in [0.05, 0.1) is 0 Å². The van der Waals surface area contributed by atoms with Gasteiger partial charge < -0.3 is 9.73 Å². The van der Waals surface area contributed by atoms with Crippen LogP contribution in [0.25, 0.3) is 22.2 Å². The predicted octanol–water partition coefficient (Wildman–Crippen LogP) is 8.21. The Hall–Kier alpha value is -3.26. The summed E-state index contributed by atoms with van der Waals surface area (Å²) in [5, 5.41) is 4.67. The van der Waals surface area contributed by atoms with Gasteiger partial charge >= 0.3 is 0 Å². The van der Waals surface area contributed by atoms with Gasteiger partial charge in [-0.1, -0.05) is 87.5 Å². The van der Waals surface area contributed by atoms with E-state index in [0.29, 0.717) is 0 Å². The minimum Gasteiger partial charge on any atom is -0.461 e. The molecule has 0 radical (unpaired) electrons. The summed E-state index contributed by atoms with van der Waals surface area (Å²) in [5.41, 5.74) is 7.77. The van der Waals surface area contributed by atoms with Gasteiger partial charge in [0.2, 0.25) is 0 Å². The van der Waals surface area contributed by atoms with Crippen LogP contribution in [-0.2, 0) is 6.42 Å². The highest BCUT2D eigenvalue weighted by Crippen LogP contribution is 2.32. The highest BCUT2D eigenvalue weighted by Gasteiger charge is 2.13. The van der Waals surface area contributed by atoms with Crippen LogP contribution in [-0.4, -0.2) is 0 Å². The Morgan fingerprint density at radius 2 is 1.77 bits per heavy atom. The lowest BCUT2D eigenvalue weighted by atomic mass is 9.99. The number of benzene rings is 2. The van der Waals surface area contributed by atoms with Crippen LogP contribution >= 0.6 is 0 Å². The van der Waals surface area contributed by atoms with Crippen molar-refractivity contribution >= 4 is 22.2 Å². The molecule has 0 saturated heterocycles. The number of rotatable bonds is 9. The number of nitrogens with one attached hydrogen (secondary N) is 1. The zero-order valence-electron chi connectivity index (χ0n) is 19.2. The molecule has 0 aliphatic heterocycles. The third kappa shape index (κ3) is 5.27. The van der Waals surface area contributed by atoms with Crippen molar-refractivity contribution in [3.05, 3.63) is 108 Å². The van der Waals surface area contributed by atoms with Crippen LogP contribution in [0.4, 0.5) is 0 Å². The third-order valence-corrected chi connectivity index (χ3v) is 5.37. The van der Waals surface area contributed by atoms with Gasteiger partial charge in [0.25, 0.3) is 0 Å². The topological polar surface area (TPSA) is 25.2 Å². The van der Waals surface area contributed by atoms with Crippen LogP contribution in [0.3, 0.4) is 0 Å². The molecule has 3 aromatic rings. The molecule has 2 aromatic carbocycles. The molecule has 1 heterocycles. The molecule has 0 aliphatic carbocycles. The van der Waals surface area contributed by atoms with Crippen LogP contribution in [0.5, 0.6) is 0 Å². The highest BCUT2D eigenvalue weighted by molar-refractivity contribution is 5.95. The fourth-order valence-electron chi connectivity index (χ4n) is 3.96. The lowest BCUT2D eigenvalue weighted by Crippen LogP contribution is -2.11. The maximum absolute atomic E-state index is 5.96. The number of para-hydroxylation sites is 1. The van der Waals surface area contributed by atoms with E-state index < -0.39 is 0 Å². The normalized spacial score (nSPS) is 12.6. The van der Waals surface area contributed by atoms with Crippen LogP contribution in [0.2, 0.25) is 0 Å². The van der Waals surface area contributed by atoms with Gasteiger partial charge in [0.15, 0.2) is 0 Å². The van der Waals surface area contributed by atoms with Crippen LogP contribution < -0.4 is 5.32 Å². The first kappa shape index (κ1) is 22.4. The van der Waals surface area contributed by atoms with Gasteiger partial charge in [0, 0.05) is 27.9 Å². The van der Waals surface area contributed by atoms with Crippen molar-refractivity contribution in [1.29, 1.82) is 0 Å².